The normalized spacial score (nSPS) is 29.4. The highest BCUT2D eigenvalue weighted by atomic mass is 79.9. The highest BCUT2D eigenvalue weighted by molar-refractivity contribution is 9.10. The van der Waals surface area contributed by atoms with Gasteiger partial charge < -0.3 is 14.6 Å². The highest BCUT2D eigenvalue weighted by Gasteiger charge is 2.55. The van der Waals surface area contributed by atoms with Gasteiger partial charge in [0.25, 0.3) is 0 Å². The van der Waals surface area contributed by atoms with Crippen molar-refractivity contribution in [3.63, 3.8) is 0 Å². The molecule has 1 aromatic carbocycles. The van der Waals surface area contributed by atoms with E-state index in [0.29, 0.717) is 11.7 Å². The summed E-state index contributed by atoms with van der Waals surface area (Å²) in [5, 5.41) is 3.50. The maximum absolute atomic E-state index is 6.25. The monoisotopic (exact) mass is 387 g/mol. The molecule has 2 aliphatic rings. The van der Waals surface area contributed by atoms with Gasteiger partial charge in [-0.2, -0.15) is 0 Å². The summed E-state index contributed by atoms with van der Waals surface area (Å²) in [5.74, 6) is 0.792. The first kappa shape index (κ1) is 18.3. The molecule has 2 atom stereocenters. The molecule has 2 unspecified atom stereocenters. The van der Waals surface area contributed by atoms with Crippen LogP contribution >= 0.6 is 28.3 Å². The lowest BCUT2D eigenvalue weighted by atomic mass is 9.65. The largest absolute Gasteiger partial charge is 0.463 e. The molecule has 0 spiro atoms. The third-order valence-electron chi connectivity index (χ3n) is 5.18. The SMILES string of the molecule is CC1(C)OB(C2CNCC2c2ccc(Br)cc2)OC1(C)C.Cl. The highest BCUT2D eigenvalue weighted by Crippen LogP contribution is 2.45. The lowest BCUT2D eigenvalue weighted by Gasteiger charge is -2.32. The van der Waals surface area contributed by atoms with Gasteiger partial charge in [-0.25, -0.2) is 0 Å². The zero-order valence-electron chi connectivity index (χ0n) is 13.6. The summed E-state index contributed by atoms with van der Waals surface area (Å²) in [6, 6.07) is 8.60. The van der Waals surface area contributed by atoms with Crippen LogP contribution < -0.4 is 5.32 Å². The number of hydrogen-bond acceptors (Lipinski definition) is 3. The van der Waals surface area contributed by atoms with Crippen LogP contribution in [0.25, 0.3) is 0 Å². The Bertz CT molecular complexity index is 507. The van der Waals surface area contributed by atoms with Gasteiger partial charge in [0.05, 0.1) is 11.2 Å². The van der Waals surface area contributed by atoms with Crippen molar-refractivity contribution in [3.8, 4) is 0 Å². The number of benzene rings is 1. The van der Waals surface area contributed by atoms with Crippen LogP contribution in [0.1, 0.15) is 39.2 Å². The topological polar surface area (TPSA) is 30.5 Å². The number of hydrogen-bond donors (Lipinski definition) is 1. The van der Waals surface area contributed by atoms with Crippen molar-refractivity contribution in [2.75, 3.05) is 13.1 Å². The van der Waals surface area contributed by atoms with E-state index < -0.39 is 0 Å². The third kappa shape index (κ3) is 3.24. The molecule has 0 bridgehead atoms. The summed E-state index contributed by atoms with van der Waals surface area (Å²) in [6.07, 6.45) is 0. The molecule has 2 saturated heterocycles. The summed E-state index contributed by atoms with van der Waals surface area (Å²) in [6.45, 7) is 10.4. The first-order valence-corrected chi connectivity index (χ1v) is 8.41. The van der Waals surface area contributed by atoms with E-state index in [1.165, 1.54) is 5.56 Å². The minimum absolute atomic E-state index is 0. The van der Waals surface area contributed by atoms with Crippen LogP contribution in [0.2, 0.25) is 5.82 Å². The third-order valence-corrected chi connectivity index (χ3v) is 5.71. The molecule has 0 aliphatic carbocycles. The second kappa shape index (κ2) is 6.44. The van der Waals surface area contributed by atoms with Crippen LogP contribution in [0.3, 0.4) is 0 Å². The van der Waals surface area contributed by atoms with E-state index in [-0.39, 0.29) is 30.7 Å². The average molecular weight is 389 g/mol. The molecule has 0 radical (unpaired) electrons. The molecular formula is C16H24BBrClNO2. The standard InChI is InChI=1S/C16H23BBrNO2.ClH/c1-15(2)16(3,4)21-17(20-15)14-10-19-9-13(14)11-5-7-12(18)8-6-11;/h5-8,13-14,19H,9-10H2,1-4H3;1H. The van der Waals surface area contributed by atoms with Crippen LogP contribution in [0.4, 0.5) is 0 Å². The van der Waals surface area contributed by atoms with Crippen molar-refractivity contribution < 1.29 is 9.31 Å². The maximum atomic E-state index is 6.25. The molecule has 3 nitrogen and oxygen atoms in total. The van der Waals surface area contributed by atoms with Gasteiger partial charge in [-0.3, -0.25) is 0 Å². The van der Waals surface area contributed by atoms with Crippen molar-refractivity contribution in [2.45, 2.75) is 50.6 Å². The molecule has 6 heteroatoms. The Morgan fingerprint density at radius 2 is 1.59 bits per heavy atom. The van der Waals surface area contributed by atoms with Crippen molar-refractivity contribution in [2.24, 2.45) is 0 Å². The molecule has 1 aromatic rings. The van der Waals surface area contributed by atoms with E-state index in [1.807, 2.05) is 0 Å². The van der Waals surface area contributed by atoms with Gasteiger partial charge in [0, 0.05) is 16.8 Å². The van der Waals surface area contributed by atoms with Gasteiger partial charge in [-0.15, -0.1) is 12.4 Å². The molecular weight excluding hydrogens is 364 g/mol. The van der Waals surface area contributed by atoms with E-state index >= 15 is 0 Å². The van der Waals surface area contributed by atoms with Crippen LogP contribution in [-0.2, 0) is 9.31 Å². The summed E-state index contributed by atoms with van der Waals surface area (Å²) in [5.41, 5.74) is 0.831. The van der Waals surface area contributed by atoms with E-state index in [0.717, 1.165) is 17.6 Å². The Labute approximate surface area is 148 Å². The first-order valence-electron chi connectivity index (χ1n) is 7.62. The molecule has 0 saturated carbocycles. The van der Waals surface area contributed by atoms with Gasteiger partial charge >= 0.3 is 7.12 Å². The van der Waals surface area contributed by atoms with Gasteiger partial charge in [-0.1, -0.05) is 28.1 Å². The quantitative estimate of drug-likeness (QED) is 0.777. The van der Waals surface area contributed by atoms with Crippen molar-refractivity contribution >= 4 is 35.5 Å². The molecule has 0 aromatic heterocycles. The van der Waals surface area contributed by atoms with Crippen LogP contribution in [0.5, 0.6) is 0 Å². The van der Waals surface area contributed by atoms with Crippen molar-refractivity contribution in [1.29, 1.82) is 0 Å². The Kier molecular flexibility index (Phi) is 5.35. The van der Waals surface area contributed by atoms with Crippen LogP contribution in [0, 0.1) is 0 Å². The maximum Gasteiger partial charge on any atom is 0.463 e. The molecule has 0 amide bonds. The second-order valence-corrected chi connectivity index (χ2v) is 8.02. The van der Waals surface area contributed by atoms with E-state index in [1.54, 1.807) is 0 Å². The predicted octanol–water partition coefficient (Wildman–Crippen LogP) is 4.02. The number of rotatable bonds is 2. The second-order valence-electron chi connectivity index (χ2n) is 7.10. The Hall–Kier alpha value is -0.0651. The van der Waals surface area contributed by atoms with Gasteiger partial charge in [-0.05, 0) is 57.9 Å². The molecule has 1 N–H and O–H groups in total. The molecule has 3 rings (SSSR count). The Balaban J connectivity index is 0.00000176. The fourth-order valence-corrected chi connectivity index (χ4v) is 3.39. The number of halogens is 2. The van der Waals surface area contributed by atoms with Crippen LogP contribution in [-0.4, -0.2) is 31.4 Å². The van der Waals surface area contributed by atoms with E-state index in [4.69, 9.17) is 9.31 Å². The summed E-state index contributed by atoms with van der Waals surface area (Å²) < 4.78 is 13.6. The molecule has 2 fully saturated rings. The molecule has 122 valence electrons. The molecule has 2 heterocycles. The fraction of sp³-hybridized carbons (Fsp3) is 0.625. The van der Waals surface area contributed by atoms with Gasteiger partial charge in [0.1, 0.15) is 0 Å². The Morgan fingerprint density at radius 1 is 1.05 bits per heavy atom. The van der Waals surface area contributed by atoms with Crippen LogP contribution in [0.15, 0.2) is 28.7 Å². The lowest BCUT2D eigenvalue weighted by molar-refractivity contribution is 0.00578. The summed E-state index contributed by atoms with van der Waals surface area (Å²) >= 11 is 3.50. The first-order chi connectivity index (χ1) is 9.80. The average Bonchev–Trinajstić information content (AvgIpc) is 2.94. The zero-order valence-corrected chi connectivity index (χ0v) is 16.0. The van der Waals surface area contributed by atoms with Crippen molar-refractivity contribution in [1.82, 2.24) is 5.32 Å². The van der Waals surface area contributed by atoms with Gasteiger partial charge in [0.2, 0.25) is 0 Å². The minimum atomic E-state index is -0.259. The smallest absolute Gasteiger partial charge is 0.403 e. The lowest BCUT2D eigenvalue weighted by Crippen LogP contribution is -2.41. The summed E-state index contributed by atoms with van der Waals surface area (Å²) in [4.78, 5) is 0. The predicted molar refractivity (Wildman–Crippen MR) is 96.8 cm³/mol. The van der Waals surface area contributed by atoms with Crippen molar-refractivity contribution in [3.05, 3.63) is 34.3 Å². The molecule has 22 heavy (non-hydrogen) atoms. The zero-order chi connectivity index (χ0) is 15.3. The van der Waals surface area contributed by atoms with E-state index in [9.17, 15) is 0 Å². The fourth-order valence-electron chi connectivity index (χ4n) is 3.12. The summed E-state index contributed by atoms with van der Waals surface area (Å²) in [7, 11) is -0.140. The minimum Gasteiger partial charge on any atom is -0.403 e. The van der Waals surface area contributed by atoms with Gasteiger partial charge in [0.15, 0.2) is 0 Å². The van der Waals surface area contributed by atoms with E-state index in [2.05, 4.69) is 73.2 Å². The number of nitrogens with one attached hydrogen (secondary N) is 1. The Morgan fingerprint density at radius 3 is 2.14 bits per heavy atom. The molecule has 2 aliphatic heterocycles.